The molecule has 4 aliphatic rings. The van der Waals surface area contributed by atoms with E-state index in [0.717, 1.165) is 13.0 Å². The summed E-state index contributed by atoms with van der Waals surface area (Å²) in [6, 6.07) is 16.9. The smallest absolute Gasteiger partial charge is 0.135 e. The van der Waals surface area contributed by atoms with Crippen LogP contribution in [0, 0.1) is 5.82 Å². The molecule has 3 aliphatic heterocycles. The van der Waals surface area contributed by atoms with Crippen molar-refractivity contribution in [3.8, 4) is 0 Å². The summed E-state index contributed by atoms with van der Waals surface area (Å²) in [6.45, 7) is 1.05. The Hall–Kier alpha value is -2.07. The highest BCUT2D eigenvalue weighted by molar-refractivity contribution is 6.07. The molecule has 146 valence electrons. The lowest BCUT2D eigenvalue weighted by molar-refractivity contribution is 0.184. The van der Waals surface area contributed by atoms with Gasteiger partial charge in [0.25, 0.3) is 0 Å². The number of hydrogen-bond acceptors (Lipinski definition) is 3. The Morgan fingerprint density at radius 2 is 1.71 bits per heavy atom. The van der Waals surface area contributed by atoms with Gasteiger partial charge >= 0.3 is 0 Å². The Morgan fingerprint density at radius 1 is 0.929 bits per heavy atom. The Kier molecular flexibility index (Phi) is 4.35. The van der Waals surface area contributed by atoms with Gasteiger partial charge in [0, 0.05) is 23.7 Å². The first-order valence-corrected chi connectivity index (χ1v) is 10.3. The lowest BCUT2D eigenvalue weighted by Gasteiger charge is -2.47. The molecule has 0 amide bonds. The van der Waals surface area contributed by atoms with Gasteiger partial charge in [-0.2, -0.15) is 0 Å². The highest BCUT2D eigenvalue weighted by atomic mass is 35.5. The van der Waals surface area contributed by atoms with Crippen molar-refractivity contribution < 1.29 is 4.39 Å². The van der Waals surface area contributed by atoms with E-state index in [1.807, 2.05) is 12.1 Å². The first kappa shape index (κ1) is 18.0. The van der Waals surface area contributed by atoms with Gasteiger partial charge in [-0.05, 0) is 49.1 Å². The molecule has 0 aromatic heterocycles. The van der Waals surface area contributed by atoms with E-state index in [4.69, 9.17) is 4.99 Å². The number of para-hydroxylation sites is 1. The monoisotopic (exact) mass is 397 g/mol. The van der Waals surface area contributed by atoms with Crippen molar-refractivity contribution in [2.75, 3.05) is 11.4 Å². The molecule has 3 heterocycles. The van der Waals surface area contributed by atoms with Gasteiger partial charge < -0.3 is 9.80 Å². The topological polar surface area (TPSA) is 18.8 Å². The molecule has 0 bridgehead atoms. The number of halogens is 2. The predicted octanol–water partition coefficient (Wildman–Crippen LogP) is 4.95. The second kappa shape index (κ2) is 6.77. The zero-order chi connectivity index (χ0) is 18.0. The fourth-order valence-corrected chi connectivity index (χ4v) is 5.82. The van der Waals surface area contributed by atoms with Crippen molar-refractivity contribution in [2.45, 2.75) is 56.3 Å². The molecule has 3 nitrogen and oxygen atoms in total. The Morgan fingerprint density at radius 3 is 2.57 bits per heavy atom. The van der Waals surface area contributed by atoms with Crippen LogP contribution in [-0.2, 0) is 0 Å². The first-order valence-electron chi connectivity index (χ1n) is 10.3. The van der Waals surface area contributed by atoms with E-state index >= 15 is 0 Å². The van der Waals surface area contributed by atoms with Crippen LogP contribution in [0.4, 0.5) is 10.1 Å². The molecule has 4 atom stereocenters. The van der Waals surface area contributed by atoms with Gasteiger partial charge in [0.15, 0.2) is 0 Å². The molecule has 1 aliphatic carbocycles. The SMILES string of the molecule is Cl.Fc1ccc(C2CCN3c4ccccc4C4=NC5CCCCC5N4C23)cc1. The van der Waals surface area contributed by atoms with Gasteiger partial charge in [-0.15, -0.1) is 12.4 Å². The first-order chi connectivity index (χ1) is 13.3. The molecule has 5 heteroatoms. The van der Waals surface area contributed by atoms with E-state index in [9.17, 15) is 4.39 Å². The average Bonchev–Trinajstić information content (AvgIpc) is 3.30. The normalized spacial score (nSPS) is 30.0. The Balaban J connectivity index is 0.00000171. The van der Waals surface area contributed by atoms with Crippen LogP contribution >= 0.6 is 12.4 Å². The zero-order valence-electron chi connectivity index (χ0n) is 15.8. The molecule has 0 spiro atoms. The largest absolute Gasteiger partial charge is 0.350 e. The van der Waals surface area contributed by atoms with E-state index in [1.54, 1.807) is 12.1 Å². The van der Waals surface area contributed by atoms with Crippen LogP contribution in [0.15, 0.2) is 53.5 Å². The second-order valence-corrected chi connectivity index (χ2v) is 8.35. The van der Waals surface area contributed by atoms with Crippen molar-refractivity contribution in [1.82, 2.24) is 4.90 Å². The number of fused-ring (bicyclic) bond motifs is 8. The van der Waals surface area contributed by atoms with Gasteiger partial charge in [0.05, 0.1) is 12.1 Å². The van der Waals surface area contributed by atoms with E-state index in [2.05, 4.69) is 34.1 Å². The number of nitrogens with zero attached hydrogens (tertiary/aromatic N) is 3. The van der Waals surface area contributed by atoms with Crippen LogP contribution in [0.25, 0.3) is 0 Å². The van der Waals surface area contributed by atoms with Crippen molar-refractivity contribution in [3.05, 3.63) is 65.5 Å². The van der Waals surface area contributed by atoms with Crippen LogP contribution in [0.1, 0.15) is 49.1 Å². The van der Waals surface area contributed by atoms with E-state index in [0.29, 0.717) is 24.2 Å². The third-order valence-corrected chi connectivity index (χ3v) is 6.98. The molecule has 28 heavy (non-hydrogen) atoms. The third-order valence-electron chi connectivity index (χ3n) is 6.98. The molecule has 2 fully saturated rings. The average molecular weight is 398 g/mol. The van der Waals surface area contributed by atoms with Crippen molar-refractivity contribution in [1.29, 1.82) is 0 Å². The summed E-state index contributed by atoms with van der Waals surface area (Å²) in [4.78, 5) is 10.5. The van der Waals surface area contributed by atoms with Gasteiger partial charge in [0.2, 0.25) is 0 Å². The summed E-state index contributed by atoms with van der Waals surface area (Å²) in [5.41, 5.74) is 3.87. The molecule has 2 aromatic rings. The highest BCUT2D eigenvalue weighted by Gasteiger charge is 2.51. The van der Waals surface area contributed by atoms with Crippen LogP contribution in [0.3, 0.4) is 0 Å². The Bertz CT molecular complexity index is 912. The minimum Gasteiger partial charge on any atom is -0.350 e. The molecule has 1 saturated carbocycles. The fourth-order valence-electron chi connectivity index (χ4n) is 5.82. The summed E-state index contributed by atoms with van der Waals surface area (Å²) >= 11 is 0. The van der Waals surface area contributed by atoms with Crippen molar-refractivity contribution in [3.63, 3.8) is 0 Å². The Labute approximate surface area is 171 Å². The summed E-state index contributed by atoms with van der Waals surface area (Å²) in [7, 11) is 0. The summed E-state index contributed by atoms with van der Waals surface area (Å²) in [5, 5.41) is 0. The molecule has 0 radical (unpaired) electrons. The van der Waals surface area contributed by atoms with E-state index in [1.165, 1.54) is 48.3 Å². The number of amidine groups is 1. The van der Waals surface area contributed by atoms with Crippen LogP contribution in [0.2, 0.25) is 0 Å². The molecule has 4 unspecified atom stereocenters. The van der Waals surface area contributed by atoms with E-state index < -0.39 is 0 Å². The second-order valence-electron chi connectivity index (χ2n) is 8.35. The molecule has 1 saturated heterocycles. The van der Waals surface area contributed by atoms with Gasteiger partial charge in [-0.3, -0.25) is 4.99 Å². The number of anilines is 1. The summed E-state index contributed by atoms with van der Waals surface area (Å²) < 4.78 is 13.5. The number of hydrogen-bond donors (Lipinski definition) is 0. The number of aliphatic imine (C=N–C) groups is 1. The lowest BCUT2D eigenvalue weighted by atomic mass is 9.87. The minimum atomic E-state index is -0.154. The van der Waals surface area contributed by atoms with Crippen LogP contribution < -0.4 is 4.90 Å². The summed E-state index contributed by atoms with van der Waals surface area (Å²) in [6.07, 6.45) is 6.45. The highest BCUT2D eigenvalue weighted by Crippen LogP contribution is 2.48. The lowest BCUT2D eigenvalue weighted by Crippen LogP contribution is -2.57. The molecular weight excluding hydrogens is 373 g/mol. The maximum atomic E-state index is 13.5. The predicted molar refractivity (Wildman–Crippen MR) is 113 cm³/mol. The maximum Gasteiger partial charge on any atom is 0.135 e. The molecule has 6 rings (SSSR count). The molecular formula is C23H25ClFN3. The van der Waals surface area contributed by atoms with E-state index in [-0.39, 0.29) is 18.2 Å². The van der Waals surface area contributed by atoms with Crippen LogP contribution in [-0.4, -0.2) is 35.5 Å². The van der Waals surface area contributed by atoms with Gasteiger partial charge in [-0.25, -0.2) is 4.39 Å². The van der Waals surface area contributed by atoms with Crippen molar-refractivity contribution >= 4 is 23.9 Å². The standard InChI is InChI=1S/C23H24FN3.ClH/c24-16-11-9-15(10-12-16)17-13-14-26-20-7-3-1-5-18(20)22-25-19-6-2-4-8-21(19)27(22)23(17)26;/h1,3,5,7,9-12,17,19,21,23H,2,4,6,8,13-14H2;1H. The van der Waals surface area contributed by atoms with Gasteiger partial charge in [-0.1, -0.05) is 37.1 Å². The number of rotatable bonds is 1. The minimum absolute atomic E-state index is 0. The zero-order valence-corrected chi connectivity index (χ0v) is 16.6. The molecule has 2 aromatic carbocycles. The quantitative estimate of drug-likeness (QED) is 0.677. The fraction of sp³-hybridized carbons (Fsp3) is 0.435. The van der Waals surface area contributed by atoms with Crippen LogP contribution in [0.5, 0.6) is 0 Å². The third kappa shape index (κ3) is 2.50. The number of benzene rings is 2. The summed E-state index contributed by atoms with van der Waals surface area (Å²) in [5.74, 6) is 1.45. The molecule has 0 N–H and O–H groups in total. The maximum absolute atomic E-state index is 13.5. The van der Waals surface area contributed by atoms with Crippen molar-refractivity contribution in [2.24, 2.45) is 4.99 Å². The van der Waals surface area contributed by atoms with Gasteiger partial charge in [0.1, 0.15) is 17.8 Å².